The second-order valence-corrected chi connectivity index (χ2v) is 6.77. The molecule has 1 aromatic heterocycles. The Hall–Kier alpha value is -0.920. The topological polar surface area (TPSA) is 76.0 Å². The Bertz CT molecular complexity index is 538. The number of piperidine rings is 1. The molecule has 1 saturated heterocycles. The van der Waals surface area contributed by atoms with Crippen LogP contribution in [0.4, 0.5) is 0 Å². The highest BCUT2D eigenvalue weighted by atomic mass is 32.2. The summed E-state index contributed by atoms with van der Waals surface area (Å²) in [6.45, 7) is 8.24. The Morgan fingerprint density at radius 3 is 2.89 bits per heavy atom. The summed E-state index contributed by atoms with van der Waals surface area (Å²) in [6.07, 6.45) is 2.41. The second-order valence-electron chi connectivity index (χ2n) is 5.11. The first-order valence-corrected chi connectivity index (χ1v) is 8.19. The molecule has 0 bridgehead atoms. The number of sulfonamides is 1. The zero-order valence-electron chi connectivity index (χ0n) is 11.7. The summed E-state index contributed by atoms with van der Waals surface area (Å²) < 4.78 is 29.3. The zero-order valence-corrected chi connectivity index (χ0v) is 12.5. The quantitative estimate of drug-likeness (QED) is 0.844. The third-order valence-electron chi connectivity index (χ3n) is 3.66. The lowest BCUT2D eigenvalue weighted by Crippen LogP contribution is -2.48. The minimum atomic E-state index is -3.51. The Morgan fingerprint density at radius 2 is 2.32 bits per heavy atom. The molecule has 2 unspecified atom stereocenters. The number of hydrogen-bond acceptors (Lipinski definition) is 4. The highest BCUT2D eigenvalue weighted by Gasteiger charge is 2.28. The molecule has 0 aliphatic carbocycles. The molecule has 108 valence electrons. The van der Waals surface area contributed by atoms with Crippen LogP contribution in [-0.2, 0) is 16.6 Å². The van der Waals surface area contributed by atoms with E-state index in [4.69, 9.17) is 0 Å². The molecule has 0 aromatic carbocycles. The fourth-order valence-corrected chi connectivity index (χ4v) is 3.77. The van der Waals surface area contributed by atoms with Crippen LogP contribution in [0.3, 0.4) is 0 Å². The maximum absolute atomic E-state index is 12.3. The Kier molecular flexibility index (Phi) is 4.27. The Morgan fingerprint density at radius 1 is 1.58 bits per heavy atom. The minimum Gasteiger partial charge on any atom is -0.334 e. The Balaban J connectivity index is 2.17. The summed E-state index contributed by atoms with van der Waals surface area (Å²) in [5.74, 6) is 1.01. The monoisotopic (exact) mass is 286 g/mol. The molecule has 6 nitrogen and oxygen atoms in total. The van der Waals surface area contributed by atoms with E-state index in [1.54, 1.807) is 6.20 Å². The van der Waals surface area contributed by atoms with Gasteiger partial charge in [0.2, 0.25) is 0 Å². The van der Waals surface area contributed by atoms with Gasteiger partial charge in [0.1, 0.15) is 5.82 Å². The molecule has 0 amide bonds. The van der Waals surface area contributed by atoms with Gasteiger partial charge in [-0.1, -0.05) is 6.92 Å². The van der Waals surface area contributed by atoms with Crippen molar-refractivity contribution in [1.82, 2.24) is 19.6 Å². The van der Waals surface area contributed by atoms with E-state index >= 15 is 0 Å². The summed E-state index contributed by atoms with van der Waals surface area (Å²) in [5.41, 5.74) is 0. The number of imidazole rings is 1. The number of hydrogen-bond donors (Lipinski definition) is 2. The van der Waals surface area contributed by atoms with Gasteiger partial charge in [0, 0.05) is 18.8 Å². The van der Waals surface area contributed by atoms with E-state index in [0.29, 0.717) is 0 Å². The summed E-state index contributed by atoms with van der Waals surface area (Å²) in [7, 11) is -3.51. The van der Waals surface area contributed by atoms with Gasteiger partial charge in [-0.25, -0.2) is 18.1 Å². The predicted octanol–water partition coefficient (Wildman–Crippen LogP) is 0.488. The summed E-state index contributed by atoms with van der Waals surface area (Å²) >= 11 is 0. The Labute approximate surface area is 114 Å². The molecule has 0 saturated carbocycles. The van der Waals surface area contributed by atoms with Crippen molar-refractivity contribution in [3.8, 4) is 0 Å². The number of nitrogens with zero attached hydrogens (tertiary/aromatic N) is 2. The van der Waals surface area contributed by atoms with Crippen LogP contribution in [0, 0.1) is 12.8 Å². The summed E-state index contributed by atoms with van der Waals surface area (Å²) in [6, 6.07) is -0.0154. The third-order valence-corrected chi connectivity index (χ3v) is 5.02. The van der Waals surface area contributed by atoms with Gasteiger partial charge >= 0.3 is 0 Å². The number of nitrogens with one attached hydrogen (secondary N) is 2. The largest absolute Gasteiger partial charge is 0.334 e. The fourth-order valence-electron chi connectivity index (χ4n) is 2.38. The average molecular weight is 286 g/mol. The molecule has 7 heteroatoms. The van der Waals surface area contributed by atoms with Crippen LogP contribution < -0.4 is 10.0 Å². The van der Waals surface area contributed by atoms with Crippen LogP contribution in [0.25, 0.3) is 0 Å². The molecule has 2 rings (SSSR count). The van der Waals surface area contributed by atoms with E-state index < -0.39 is 10.0 Å². The number of rotatable bonds is 4. The molecular formula is C12H22N4O2S. The standard InChI is InChI=1S/C12H22N4O2S/c1-4-16-8-12(14-10(16)3)19(17,18)15-11-5-6-13-7-9(11)2/h8-9,11,13,15H,4-7H2,1-3H3. The summed E-state index contributed by atoms with van der Waals surface area (Å²) in [5, 5.41) is 3.38. The minimum absolute atomic E-state index is 0.0154. The number of aryl methyl sites for hydroxylation is 2. The molecule has 2 N–H and O–H groups in total. The number of aromatic nitrogens is 2. The van der Waals surface area contributed by atoms with Crippen molar-refractivity contribution in [3.05, 3.63) is 12.0 Å². The third kappa shape index (κ3) is 3.16. The van der Waals surface area contributed by atoms with E-state index in [9.17, 15) is 8.42 Å². The van der Waals surface area contributed by atoms with Crippen molar-refractivity contribution < 1.29 is 8.42 Å². The molecule has 0 radical (unpaired) electrons. The van der Waals surface area contributed by atoms with Crippen molar-refractivity contribution >= 4 is 10.0 Å². The van der Waals surface area contributed by atoms with Gasteiger partial charge in [0.05, 0.1) is 0 Å². The molecule has 1 aliphatic heterocycles. The first kappa shape index (κ1) is 14.5. The van der Waals surface area contributed by atoms with Crippen LogP contribution in [0.15, 0.2) is 11.2 Å². The van der Waals surface area contributed by atoms with Gasteiger partial charge in [-0.15, -0.1) is 0 Å². The van der Waals surface area contributed by atoms with Crippen LogP contribution in [0.1, 0.15) is 26.1 Å². The van der Waals surface area contributed by atoms with Crippen molar-refractivity contribution in [2.24, 2.45) is 5.92 Å². The summed E-state index contributed by atoms with van der Waals surface area (Å²) in [4.78, 5) is 4.14. The molecule has 0 spiro atoms. The lowest BCUT2D eigenvalue weighted by atomic mass is 9.97. The zero-order chi connectivity index (χ0) is 14.0. The highest BCUT2D eigenvalue weighted by molar-refractivity contribution is 7.89. The molecular weight excluding hydrogens is 264 g/mol. The van der Waals surface area contributed by atoms with Crippen LogP contribution in [0.5, 0.6) is 0 Å². The molecule has 2 heterocycles. The normalized spacial score (nSPS) is 24.6. The lowest BCUT2D eigenvalue weighted by molar-refractivity contribution is 0.328. The molecule has 1 fully saturated rings. The van der Waals surface area contributed by atoms with Crippen molar-refractivity contribution in [3.63, 3.8) is 0 Å². The smallest absolute Gasteiger partial charge is 0.259 e. The van der Waals surface area contributed by atoms with Gasteiger partial charge in [-0.05, 0) is 39.3 Å². The maximum Gasteiger partial charge on any atom is 0.259 e. The van der Waals surface area contributed by atoms with Gasteiger partial charge < -0.3 is 9.88 Å². The first-order chi connectivity index (χ1) is 8.94. The molecule has 19 heavy (non-hydrogen) atoms. The average Bonchev–Trinajstić information content (AvgIpc) is 2.74. The maximum atomic E-state index is 12.3. The molecule has 1 aliphatic rings. The highest BCUT2D eigenvalue weighted by Crippen LogP contribution is 2.15. The molecule has 1 aromatic rings. The van der Waals surface area contributed by atoms with Crippen molar-refractivity contribution in [2.45, 2.75) is 44.8 Å². The van der Waals surface area contributed by atoms with Crippen LogP contribution in [0.2, 0.25) is 0 Å². The van der Waals surface area contributed by atoms with E-state index in [0.717, 1.165) is 31.9 Å². The SMILES string of the molecule is CCn1cc(S(=O)(=O)NC2CCNCC2C)nc1C. The van der Waals surface area contributed by atoms with Gasteiger partial charge in [0.25, 0.3) is 10.0 Å². The predicted molar refractivity (Wildman–Crippen MR) is 73.4 cm³/mol. The fraction of sp³-hybridized carbons (Fsp3) is 0.750. The van der Waals surface area contributed by atoms with Crippen LogP contribution in [-0.4, -0.2) is 37.1 Å². The first-order valence-electron chi connectivity index (χ1n) is 6.71. The van der Waals surface area contributed by atoms with E-state index in [2.05, 4.69) is 21.9 Å². The second kappa shape index (κ2) is 5.60. The molecule has 2 atom stereocenters. The lowest BCUT2D eigenvalue weighted by Gasteiger charge is -2.29. The van der Waals surface area contributed by atoms with Gasteiger partial charge in [0.15, 0.2) is 5.03 Å². The van der Waals surface area contributed by atoms with Gasteiger partial charge in [-0.2, -0.15) is 0 Å². The van der Waals surface area contributed by atoms with Gasteiger partial charge in [-0.3, -0.25) is 0 Å². The van der Waals surface area contributed by atoms with Crippen molar-refractivity contribution in [2.75, 3.05) is 13.1 Å². The van der Waals surface area contributed by atoms with E-state index in [1.807, 2.05) is 18.4 Å². The van der Waals surface area contributed by atoms with Crippen LogP contribution >= 0.6 is 0 Å². The van der Waals surface area contributed by atoms with E-state index in [-0.39, 0.29) is 17.0 Å². The van der Waals surface area contributed by atoms with E-state index in [1.165, 1.54) is 0 Å². The van der Waals surface area contributed by atoms with Crippen molar-refractivity contribution in [1.29, 1.82) is 0 Å².